The molecular formula is C31H32N4O2. The standard InChI is InChI=1S/C31H32N4O2/c36-30-29(23-11-2-1-3-12-23)28-16-6-7-19-34(28)31(37)35(30)20-9-8-17-33-18-10-13-24(22-33)26-21-32-27-15-5-4-14-25(26)27/h1-7,11-12,14-16,19,21,24,32H,8-10,13,17-18,20,22H2. The number of unbranched alkanes of at least 4 members (excludes halogenated alkanes) is 1. The fourth-order valence-electron chi connectivity index (χ4n) is 5.90. The lowest BCUT2D eigenvalue weighted by Crippen LogP contribution is -2.39. The van der Waals surface area contributed by atoms with E-state index >= 15 is 0 Å². The van der Waals surface area contributed by atoms with Gasteiger partial charge >= 0.3 is 5.69 Å². The number of piperidine rings is 1. The number of hydrogen-bond acceptors (Lipinski definition) is 3. The molecule has 5 aromatic rings. The molecule has 0 saturated carbocycles. The van der Waals surface area contributed by atoms with E-state index in [0.29, 0.717) is 23.5 Å². The van der Waals surface area contributed by atoms with E-state index in [2.05, 4.69) is 40.3 Å². The Kier molecular flexibility index (Phi) is 6.49. The van der Waals surface area contributed by atoms with Gasteiger partial charge in [-0.25, -0.2) is 4.79 Å². The first-order valence-electron chi connectivity index (χ1n) is 13.3. The molecule has 3 aromatic heterocycles. The van der Waals surface area contributed by atoms with Gasteiger partial charge in [0.15, 0.2) is 0 Å². The topological polar surface area (TPSA) is 62.5 Å². The molecule has 188 valence electrons. The molecule has 1 saturated heterocycles. The molecule has 1 aliphatic rings. The maximum absolute atomic E-state index is 13.5. The molecular weight excluding hydrogens is 460 g/mol. The van der Waals surface area contributed by atoms with Crippen LogP contribution in [-0.2, 0) is 6.54 Å². The van der Waals surface area contributed by atoms with Gasteiger partial charge in [0.25, 0.3) is 5.56 Å². The first kappa shape index (κ1) is 23.5. The van der Waals surface area contributed by atoms with Crippen molar-refractivity contribution in [2.45, 2.75) is 38.1 Å². The first-order valence-corrected chi connectivity index (χ1v) is 13.3. The maximum Gasteiger partial charge on any atom is 0.335 e. The highest BCUT2D eigenvalue weighted by atomic mass is 16.2. The summed E-state index contributed by atoms with van der Waals surface area (Å²) < 4.78 is 3.01. The zero-order chi connectivity index (χ0) is 25.2. The summed E-state index contributed by atoms with van der Waals surface area (Å²) in [5, 5.41) is 1.33. The van der Waals surface area contributed by atoms with Gasteiger partial charge in [0, 0.05) is 36.4 Å². The van der Waals surface area contributed by atoms with E-state index in [4.69, 9.17) is 0 Å². The number of nitrogens with one attached hydrogen (secondary N) is 1. The lowest BCUT2D eigenvalue weighted by Gasteiger charge is -2.32. The molecule has 0 bridgehead atoms. The van der Waals surface area contributed by atoms with Crippen molar-refractivity contribution >= 4 is 16.4 Å². The number of fused-ring (bicyclic) bond motifs is 2. The van der Waals surface area contributed by atoms with E-state index in [-0.39, 0.29) is 11.2 Å². The Morgan fingerprint density at radius 3 is 2.54 bits per heavy atom. The second-order valence-corrected chi connectivity index (χ2v) is 10.1. The quantitative estimate of drug-likeness (QED) is 0.315. The second-order valence-electron chi connectivity index (χ2n) is 10.1. The Hall–Kier alpha value is -3.90. The van der Waals surface area contributed by atoms with E-state index in [1.165, 1.54) is 33.9 Å². The van der Waals surface area contributed by atoms with Crippen LogP contribution in [0.3, 0.4) is 0 Å². The van der Waals surface area contributed by atoms with E-state index in [9.17, 15) is 9.59 Å². The zero-order valence-corrected chi connectivity index (χ0v) is 21.0. The van der Waals surface area contributed by atoms with E-state index in [1.807, 2.05) is 48.5 Å². The Morgan fingerprint density at radius 2 is 1.65 bits per heavy atom. The number of aromatic amines is 1. The van der Waals surface area contributed by atoms with Crippen molar-refractivity contribution in [3.05, 3.63) is 112 Å². The van der Waals surface area contributed by atoms with Gasteiger partial charge in [0.2, 0.25) is 0 Å². The number of hydrogen-bond donors (Lipinski definition) is 1. The molecule has 0 radical (unpaired) electrons. The molecule has 1 fully saturated rings. The minimum atomic E-state index is -0.266. The fourth-order valence-corrected chi connectivity index (χ4v) is 5.90. The Bertz CT molecular complexity index is 1650. The summed E-state index contributed by atoms with van der Waals surface area (Å²) in [7, 11) is 0. The number of likely N-dealkylation sites (tertiary alicyclic amines) is 1. The second kappa shape index (κ2) is 10.2. The van der Waals surface area contributed by atoms with E-state index in [1.54, 1.807) is 10.6 Å². The van der Waals surface area contributed by atoms with Gasteiger partial charge < -0.3 is 9.88 Å². The van der Waals surface area contributed by atoms with Crippen molar-refractivity contribution in [1.82, 2.24) is 18.9 Å². The molecule has 0 amide bonds. The summed E-state index contributed by atoms with van der Waals surface area (Å²) >= 11 is 0. The van der Waals surface area contributed by atoms with Crippen LogP contribution in [-0.4, -0.2) is 38.5 Å². The van der Waals surface area contributed by atoms with Crippen molar-refractivity contribution < 1.29 is 0 Å². The molecule has 2 aromatic carbocycles. The highest BCUT2D eigenvalue weighted by Gasteiger charge is 2.23. The largest absolute Gasteiger partial charge is 0.361 e. The summed E-state index contributed by atoms with van der Waals surface area (Å²) in [4.78, 5) is 32.7. The number of pyridine rings is 1. The third kappa shape index (κ3) is 4.53. The minimum absolute atomic E-state index is 0.209. The van der Waals surface area contributed by atoms with Crippen LogP contribution in [0, 0.1) is 0 Å². The summed E-state index contributed by atoms with van der Waals surface area (Å²) in [5.74, 6) is 0.533. The normalized spacial score (nSPS) is 16.5. The molecule has 6 heteroatoms. The third-order valence-corrected chi connectivity index (χ3v) is 7.75. The highest BCUT2D eigenvalue weighted by Crippen LogP contribution is 2.32. The van der Waals surface area contributed by atoms with Crippen LogP contribution >= 0.6 is 0 Å². The van der Waals surface area contributed by atoms with E-state index < -0.39 is 0 Å². The lowest BCUT2D eigenvalue weighted by molar-refractivity contribution is 0.204. The van der Waals surface area contributed by atoms with Crippen LogP contribution in [0.1, 0.15) is 37.2 Å². The van der Waals surface area contributed by atoms with Gasteiger partial charge in [-0.3, -0.25) is 13.8 Å². The molecule has 0 aliphatic carbocycles. The predicted molar refractivity (Wildman–Crippen MR) is 149 cm³/mol. The van der Waals surface area contributed by atoms with Gasteiger partial charge in [0.05, 0.1) is 11.1 Å². The summed E-state index contributed by atoms with van der Waals surface area (Å²) in [6, 6.07) is 23.7. The Morgan fingerprint density at radius 1 is 0.865 bits per heavy atom. The summed E-state index contributed by atoms with van der Waals surface area (Å²) in [6.45, 7) is 3.57. The van der Waals surface area contributed by atoms with Gasteiger partial charge in [-0.05, 0) is 74.0 Å². The molecule has 1 unspecified atom stereocenters. The van der Waals surface area contributed by atoms with Crippen LogP contribution < -0.4 is 11.2 Å². The van der Waals surface area contributed by atoms with Gasteiger partial charge in [-0.1, -0.05) is 54.6 Å². The zero-order valence-electron chi connectivity index (χ0n) is 21.0. The summed E-state index contributed by atoms with van der Waals surface area (Å²) in [6.07, 6.45) is 8.07. The summed E-state index contributed by atoms with van der Waals surface area (Å²) in [5.41, 5.74) is 4.22. The van der Waals surface area contributed by atoms with Crippen molar-refractivity contribution in [2.75, 3.05) is 19.6 Å². The van der Waals surface area contributed by atoms with Crippen LogP contribution in [0.2, 0.25) is 0 Å². The van der Waals surface area contributed by atoms with Crippen LogP contribution in [0.25, 0.3) is 27.5 Å². The number of H-pyrrole nitrogens is 1. The van der Waals surface area contributed by atoms with Crippen molar-refractivity contribution in [3.8, 4) is 11.1 Å². The first-order chi connectivity index (χ1) is 18.2. The van der Waals surface area contributed by atoms with Crippen molar-refractivity contribution in [3.63, 3.8) is 0 Å². The third-order valence-electron chi connectivity index (χ3n) is 7.75. The molecule has 37 heavy (non-hydrogen) atoms. The van der Waals surface area contributed by atoms with Gasteiger partial charge in [-0.15, -0.1) is 0 Å². The number of nitrogens with zero attached hydrogens (tertiary/aromatic N) is 3. The maximum atomic E-state index is 13.5. The van der Waals surface area contributed by atoms with Crippen LogP contribution in [0.5, 0.6) is 0 Å². The number of benzene rings is 2. The molecule has 1 atom stereocenters. The number of aromatic nitrogens is 3. The number of rotatable bonds is 7. The van der Waals surface area contributed by atoms with Gasteiger partial charge in [-0.2, -0.15) is 0 Å². The van der Waals surface area contributed by atoms with Crippen molar-refractivity contribution in [2.24, 2.45) is 0 Å². The van der Waals surface area contributed by atoms with Crippen LogP contribution in [0.15, 0.2) is 94.8 Å². The molecule has 4 heterocycles. The molecule has 1 aliphatic heterocycles. The highest BCUT2D eigenvalue weighted by molar-refractivity contribution is 5.83. The predicted octanol–water partition coefficient (Wildman–Crippen LogP) is 5.27. The van der Waals surface area contributed by atoms with Gasteiger partial charge in [0.1, 0.15) is 0 Å². The average molecular weight is 493 g/mol. The fraction of sp³-hybridized carbons (Fsp3) is 0.290. The van der Waals surface area contributed by atoms with Crippen molar-refractivity contribution in [1.29, 1.82) is 0 Å². The molecule has 6 rings (SSSR count). The van der Waals surface area contributed by atoms with Crippen LogP contribution in [0.4, 0.5) is 0 Å². The molecule has 0 spiro atoms. The number of para-hydroxylation sites is 1. The molecule has 1 N–H and O–H groups in total. The SMILES string of the molecule is O=c1c(-c2ccccc2)c2ccccn2c(=O)n1CCCCN1CCCC(c2c[nH]c3ccccc23)C1. The molecule has 6 nitrogen and oxygen atoms in total. The van der Waals surface area contributed by atoms with E-state index in [0.717, 1.165) is 38.0 Å². The minimum Gasteiger partial charge on any atom is -0.361 e. The average Bonchev–Trinajstić information content (AvgIpc) is 3.38. The lowest BCUT2D eigenvalue weighted by atomic mass is 9.90. The monoisotopic (exact) mass is 492 g/mol. The smallest absolute Gasteiger partial charge is 0.335 e. The Balaban J connectivity index is 1.16. The Labute approximate surface area is 215 Å².